The number of aliphatic hydroxyl groups excluding tert-OH is 1. The highest BCUT2D eigenvalue weighted by molar-refractivity contribution is 7.92. The molecule has 0 spiro atoms. The molecular formula is C22H18ClF2N3O6S. The number of ether oxygens (including phenoxy) is 2. The Balaban J connectivity index is 1.76. The number of hydrogen-bond acceptors (Lipinski definition) is 7. The quantitative estimate of drug-likeness (QED) is 0.507. The van der Waals surface area contributed by atoms with E-state index in [0.29, 0.717) is 0 Å². The normalized spacial score (nSPS) is 15.2. The SMILES string of the molecule is COc1ccc(S(=O)(=O)N2C[C@H](CO)Oc3cc(F)c(NC(=O)c4c(F)cccc4Cl)cc32)cn1. The van der Waals surface area contributed by atoms with Gasteiger partial charge in [0.2, 0.25) is 5.88 Å². The van der Waals surface area contributed by atoms with E-state index in [9.17, 15) is 27.1 Å². The summed E-state index contributed by atoms with van der Waals surface area (Å²) >= 11 is 5.91. The third-order valence-corrected chi connectivity index (χ3v) is 7.21. The van der Waals surface area contributed by atoms with Gasteiger partial charge in [0.1, 0.15) is 22.6 Å². The predicted octanol–water partition coefficient (Wildman–Crippen LogP) is 3.22. The molecule has 1 aliphatic heterocycles. The van der Waals surface area contributed by atoms with Crippen LogP contribution in [0.2, 0.25) is 5.02 Å². The summed E-state index contributed by atoms with van der Waals surface area (Å²) in [5.41, 5.74) is -1.05. The topological polar surface area (TPSA) is 118 Å². The van der Waals surface area contributed by atoms with Crippen LogP contribution in [0.1, 0.15) is 10.4 Å². The van der Waals surface area contributed by atoms with Crippen LogP contribution < -0.4 is 19.1 Å². The van der Waals surface area contributed by atoms with Gasteiger partial charge in [-0.1, -0.05) is 17.7 Å². The van der Waals surface area contributed by atoms with E-state index in [0.717, 1.165) is 28.7 Å². The summed E-state index contributed by atoms with van der Waals surface area (Å²) in [5, 5.41) is 11.6. The van der Waals surface area contributed by atoms with Crippen molar-refractivity contribution in [2.45, 2.75) is 11.0 Å². The minimum Gasteiger partial charge on any atom is -0.484 e. The highest BCUT2D eigenvalue weighted by atomic mass is 35.5. The maximum atomic E-state index is 14.8. The van der Waals surface area contributed by atoms with Crippen LogP contribution in [0.3, 0.4) is 0 Å². The van der Waals surface area contributed by atoms with Crippen molar-refractivity contribution in [3.8, 4) is 11.6 Å². The number of aliphatic hydroxyl groups is 1. The van der Waals surface area contributed by atoms with Gasteiger partial charge in [0.15, 0.2) is 5.82 Å². The molecule has 1 aromatic heterocycles. The third-order valence-electron chi connectivity index (χ3n) is 5.13. The lowest BCUT2D eigenvalue weighted by Gasteiger charge is -2.35. The zero-order valence-corrected chi connectivity index (χ0v) is 19.6. The Morgan fingerprint density at radius 2 is 2.06 bits per heavy atom. The molecule has 9 nitrogen and oxygen atoms in total. The summed E-state index contributed by atoms with van der Waals surface area (Å²) in [6.45, 7) is -0.853. The maximum Gasteiger partial charge on any atom is 0.266 e. The minimum absolute atomic E-state index is 0.109. The standard InChI is InChI=1S/C22H18ClF2N3O6S/c1-33-20-6-5-13(9-26-20)35(31,32)28-10-12(11-29)34-19-7-16(25)17(8-18(19)28)27-22(30)21-14(23)3-2-4-15(21)24/h2-9,12,29H,10-11H2,1H3,(H,27,30)/t12-/m1/s1. The average molecular weight is 526 g/mol. The van der Waals surface area contributed by atoms with Gasteiger partial charge in [-0.2, -0.15) is 0 Å². The minimum atomic E-state index is -4.26. The van der Waals surface area contributed by atoms with Crippen molar-refractivity contribution >= 4 is 38.9 Å². The molecule has 35 heavy (non-hydrogen) atoms. The van der Waals surface area contributed by atoms with Gasteiger partial charge in [0.05, 0.1) is 48.4 Å². The number of hydrogen-bond donors (Lipinski definition) is 2. The summed E-state index contributed by atoms with van der Waals surface area (Å²) in [4.78, 5) is 16.3. The smallest absolute Gasteiger partial charge is 0.266 e. The first kappa shape index (κ1) is 24.6. The third kappa shape index (κ3) is 4.72. The summed E-state index contributed by atoms with van der Waals surface area (Å²) in [6, 6.07) is 8.15. The van der Waals surface area contributed by atoms with Gasteiger partial charge < -0.3 is 19.9 Å². The Bertz CT molecular complexity index is 1370. The highest BCUT2D eigenvalue weighted by Gasteiger charge is 2.36. The summed E-state index contributed by atoms with van der Waals surface area (Å²) in [7, 11) is -2.88. The number of sulfonamides is 1. The summed E-state index contributed by atoms with van der Waals surface area (Å²) in [5.74, 6) is -2.92. The number of methoxy groups -OCH3 is 1. The lowest BCUT2D eigenvalue weighted by Crippen LogP contribution is -2.45. The molecule has 184 valence electrons. The van der Waals surface area contributed by atoms with Gasteiger partial charge in [0, 0.05) is 12.1 Å². The van der Waals surface area contributed by atoms with Crippen molar-refractivity contribution in [3.63, 3.8) is 0 Å². The van der Waals surface area contributed by atoms with Crippen LogP contribution in [-0.4, -0.2) is 50.8 Å². The number of anilines is 2. The molecular weight excluding hydrogens is 508 g/mol. The van der Waals surface area contributed by atoms with Crippen molar-refractivity contribution in [3.05, 3.63) is 70.9 Å². The molecule has 2 N–H and O–H groups in total. The van der Waals surface area contributed by atoms with E-state index in [-0.39, 0.29) is 33.8 Å². The summed E-state index contributed by atoms with van der Waals surface area (Å²) < 4.78 is 67.1. The van der Waals surface area contributed by atoms with E-state index in [4.69, 9.17) is 21.1 Å². The molecule has 0 saturated carbocycles. The number of carbonyl (C=O) groups excluding carboxylic acids is 1. The number of fused-ring (bicyclic) bond motifs is 1. The number of pyridine rings is 1. The number of nitrogens with zero attached hydrogens (tertiary/aromatic N) is 2. The molecule has 0 saturated heterocycles. The van der Waals surface area contributed by atoms with Gasteiger partial charge in [-0.3, -0.25) is 9.10 Å². The Morgan fingerprint density at radius 3 is 2.69 bits per heavy atom. The van der Waals surface area contributed by atoms with Crippen LogP contribution in [0.5, 0.6) is 11.6 Å². The number of halogens is 3. The molecule has 2 aromatic carbocycles. The van der Waals surface area contributed by atoms with Gasteiger partial charge in [0.25, 0.3) is 15.9 Å². The van der Waals surface area contributed by atoms with Crippen LogP contribution in [0.15, 0.2) is 53.6 Å². The molecule has 0 aliphatic carbocycles. The lowest BCUT2D eigenvalue weighted by molar-refractivity contribution is 0.102. The molecule has 0 fully saturated rings. The zero-order valence-electron chi connectivity index (χ0n) is 18.0. The Hall–Kier alpha value is -3.48. The Labute approximate surface area is 203 Å². The number of nitrogens with one attached hydrogen (secondary N) is 1. The fourth-order valence-corrected chi connectivity index (χ4v) is 5.11. The van der Waals surface area contributed by atoms with E-state index in [1.165, 1.54) is 31.4 Å². The largest absolute Gasteiger partial charge is 0.484 e. The van der Waals surface area contributed by atoms with Crippen LogP contribution >= 0.6 is 11.6 Å². The molecule has 1 atom stereocenters. The number of rotatable bonds is 6. The molecule has 0 unspecified atom stereocenters. The zero-order chi connectivity index (χ0) is 25.3. The first-order chi connectivity index (χ1) is 16.6. The molecule has 1 amide bonds. The fourth-order valence-electron chi connectivity index (χ4n) is 3.42. The highest BCUT2D eigenvalue weighted by Crippen LogP contribution is 2.40. The number of aromatic nitrogens is 1. The second kappa shape index (κ2) is 9.64. The van der Waals surface area contributed by atoms with E-state index in [1.54, 1.807) is 0 Å². The van der Waals surface area contributed by atoms with Crippen molar-refractivity contribution < 1.29 is 36.6 Å². The first-order valence-corrected chi connectivity index (χ1v) is 11.9. The van der Waals surface area contributed by atoms with Crippen molar-refractivity contribution in [1.29, 1.82) is 0 Å². The van der Waals surface area contributed by atoms with E-state index >= 15 is 0 Å². The van der Waals surface area contributed by atoms with E-state index in [2.05, 4.69) is 10.3 Å². The maximum absolute atomic E-state index is 14.8. The van der Waals surface area contributed by atoms with Gasteiger partial charge >= 0.3 is 0 Å². The Morgan fingerprint density at radius 1 is 1.29 bits per heavy atom. The number of benzene rings is 2. The van der Waals surface area contributed by atoms with Crippen LogP contribution in [-0.2, 0) is 10.0 Å². The molecule has 4 rings (SSSR count). The fraction of sp³-hybridized carbons (Fsp3) is 0.182. The van der Waals surface area contributed by atoms with Gasteiger partial charge in [-0.15, -0.1) is 0 Å². The second-order valence-electron chi connectivity index (χ2n) is 7.35. The first-order valence-electron chi connectivity index (χ1n) is 10.0. The van der Waals surface area contributed by atoms with Crippen molar-refractivity contribution in [2.24, 2.45) is 0 Å². The van der Waals surface area contributed by atoms with Gasteiger partial charge in [-0.25, -0.2) is 22.2 Å². The molecule has 3 aromatic rings. The molecule has 13 heteroatoms. The van der Waals surface area contributed by atoms with Crippen LogP contribution in [0.25, 0.3) is 0 Å². The number of carbonyl (C=O) groups is 1. The van der Waals surface area contributed by atoms with Crippen molar-refractivity contribution in [1.82, 2.24) is 4.98 Å². The predicted molar refractivity (Wildman–Crippen MR) is 123 cm³/mol. The van der Waals surface area contributed by atoms with Gasteiger partial charge in [-0.05, 0) is 24.3 Å². The van der Waals surface area contributed by atoms with Crippen LogP contribution in [0, 0.1) is 11.6 Å². The average Bonchev–Trinajstić information content (AvgIpc) is 2.83. The number of amides is 1. The van der Waals surface area contributed by atoms with Crippen molar-refractivity contribution in [2.75, 3.05) is 29.9 Å². The lowest BCUT2D eigenvalue weighted by atomic mass is 10.1. The Kier molecular flexibility index (Phi) is 6.79. The molecule has 1 aliphatic rings. The van der Waals surface area contributed by atoms with E-state index in [1.807, 2.05) is 0 Å². The second-order valence-corrected chi connectivity index (χ2v) is 9.61. The van der Waals surface area contributed by atoms with E-state index < -0.39 is 51.5 Å². The molecule has 0 bridgehead atoms. The monoisotopic (exact) mass is 525 g/mol. The molecule has 2 heterocycles. The summed E-state index contributed by atoms with van der Waals surface area (Å²) in [6.07, 6.45) is 0.101. The van der Waals surface area contributed by atoms with Crippen LogP contribution in [0.4, 0.5) is 20.2 Å². The molecule has 0 radical (unpaired) electrons.